The first-order valence-corrected chi connectivity index (χ1v) is 3.97. The van der Waals surface area contributed by atoms with Gasteiger partial charge in [-0.3, -0.25) is 3.97 Å². The number of rotatable bonds is 1. The second-order valence-corrected chi connectivity index (χ2v) is 3.01. The van der Waals surface area contributed by atoms with Crippen molar-refractivity contribution in [2.24, 2.45) is 0 Å². The molecular weight excluding hydrogens is 172 g/mol. The zero-order chi connectivity index (χ0) is 8.55. The number of hydrogen-bond donors (Lipinski definition) is 2. The lowest BCUT2D eigenvalue weighted by Crippen LogP contribution is -1.86. The Balaban J connectivity index is 2.69. The summed E-state index contributed by atoms with van der Waals surface area (Å²) in [6, 6.07) is 3.81. The topological polar surface area (TPSA) is 38.1 Å². The van der Waals surface area contributed by atoms with Gasteiger partial charge in [-0.25, -0.2) is 4.98 Å². The van der Waals surface area contributed by atoms with Crippen molar-refractivity contribution in [3.63, 3.8) is 0 Å². The summed E-state index contributed by atoms with van der Waals surface area (Å²) in [5, 5.41) is 9.83. The fourth-order valence-electron chi connectivity index (χ4n) is 1.14. The van der Waals surface area contributed by atoms with Gasteiger partial charge >= 0.3 is 0 Å². The van der Waals surface area contributed by atoms with E-state index in [2.05, 4.69) is 17.8 Å². The van der Waals surface area contributed by atoms with E-state index in [0.29, 0.717) is 0 Å². The molecule has 0 unspecified atom stereocenters. The molecule has 2 heterocycles. The van der Waals surface area contributed by atoms with E-state index in [9.17, 15) is 0 Å². The van der Waals surface area contributed by atoms with Crippen molar-refractivity contribution in [2.45, 2.75) is 6.61 Å². The lowest BCUT2D eigenvalue weighted by Gasteiger charge is -1.96. The molecular formula is C8H8N2OS. The van der Waals surface area contributed by atoms with Crippen molar-refractivity contribution in [1.29, 1.82) is 0 Å². The fraction of sp³-hybridized carbons (Fsp3) is 0.125. The minimum absolute atomic E-state index is 0.0285. The summed E-state index contributed by atoms with van der Waals surface area (Å²) in [6.45, 7) is 0.0285. The smallest absolute Gasteiger partial charge is 0.149 e. The van der Waals surface area contributed by atoms with Gasteiger partial charge in [-0.1, -0.05) is 12.8 Å². The van der Waals surface area contributed by atoms with Gasteiger partial charge in [0.2, 0.25) is 0 Å². The number of nitrogens with zero attached hydrogens (tertiary/aromatic N) is 2. The molecule has 0 bridgehead atoms. The van der Waals surface area contributed by atoms with Crippen LogP contribution in [0.25, 0.3) is 11.0 Å². The average Bonchev–Trinajstić information content (AvgIpc) is 2.47. The molecule has 0 spiro atoms. The van der Waals surface area contributed by atoms with E-state index in [4.69, 9.17) is 5.11 Å². The summed E-state index contributed by atoms with van der Waals surface area (Å²) < 4.78 is 1.65. The van der Waals surface area contributed by atoms with E-state index in [1.807, 2.05) is 18.3 Å². The second kappa shape index (κ2) is 2.80. The molecule has 0 fully saturated rings. The third kappa shape index (κ3) is 1.09. The highest BCUT2D eigenvalue weighted by Gasteiger charge is 1.99. The Morgan fingerprint density at radius 1 is 1.58 bits per heavy atom. The van der Waals surface area contributed by atoms with Crippen LogP contribution in [0, 0.1) is 0 Å². The lowest BCUT2D eigenvalue weighted by atomic mass is 10.2. The summed E-state index contributed by atoms with van der Waals surface area (Å²) in [5.41, 5.74) is 1.64. The molecule has 2 aromatic heterocycles. The summed E-state index contributed by atoms with van der Waals surface area (Å²) in [5.74, 6) is 0. The quantitative estimate of drug-likeness (QED) is 0.648. The summed E-state index contributed by atoms with van der Waals surface area (Å²) in [6.07, 6.45) is 3.47. The van der Waals surface area contributed by atoms with Crippen molar-refractivity contribution >= 4 is 23.8 Å². The highest BCUT2D eigenvalue weighted by Crippen LogP contribution is 2.15. The maximum Gasteiger partial charge on any atom is 0.149 e. The standard InChI is InChI=1S/C8H8N2OS/c11-5-6-3-7-1-2-10(12)8(7)9-4-6/h1-4,11-12H,5H2. The van der Waals surface area contributed by atoms with Crippen LogP contribution in [0.3, 0.4) is 0 Å². The molecule has 0 aliphatic carbocycles. The van der Waals surface area contributed by atoms with Crippen LogP contribution >= 0.6 is 12.8 Å². The summed E-state index contributed by atoms with van der Waals surface area (Å²) in [4.78, 5) is 4.14. The van der Waals surface area contributed by atoms with E-state index in [1.54, 1.807) is 10.2 Å². The van der Waals surface area contributed by atoms with Crippen LogP contribution in [-0.2, 0) is 6.61 Å². The minimum Gasteiger partial charge on any atom is -0.392 e. The van der Waals surface area contributed by atoms with Crippen LogP contribution in [0.2, 0.25) is 0 Å². The van der Waals surface area contributed by atoms with E-state index in [-0.39, 0.29) is 6.61 Å². The summed E-state index contributed by atoms with van der Waals surface area (Å²) in [7, 11) is 0. The number of hydrogen-bond acceptors (Lipinski definition) is 3. The number of aliphatic hydroxyl groups is 1. The first kappa shape index (κ1) is 7.64. The molecule has 0 saturated heterocycles. The third-order valence-corrected chi connectivity index (χ3v) is 2.07. The summed E-state index contributed by atoms with van der Waals surface area (Å²) >= 11 is 4.16. The predicted octanol–water partition coefficient (Wildman–Crippen LogP) is 1.22. The number of fused-ring (bicyclic) bond motifs is 1. The highest BCUT2D eigenvalue weighted by molar-refractivity contribution is 7.78. The van der Waals surface area contributed by atoms with Gasteiger partial charge in [-0.2, -0.15) is 0 Å². The number of aromatic nitrogens is 2. The molecule has 3 nitrogen and oxygen atoms in total. The molecule has 0 saturated carbocycles. The average molecular weight is 180 g/mol. The van der Waals surface area contributed by atoms with Crippen LogP contribution in [-0.4, -0.2) is 14.1 Å². The van der Waals surface area contributed by atoms with Crippen molar-refractivity contribution in [2.75, 3.05) is 0 Å². The SMILES string of the molecule is OCc1cnc2c(ccn2S)c1. The Morgan fingerprint density at radius 2 is 2.42 bits per heavy atom. The van der Waals surface area contributed by atoms with Crippen LogP contribution in [0.15, 0.2) is 24.5 Å². The molecule has 2 aromatic rings. The van der Waals surface area contributed by atoms with Crippen LogP contribution in [0.5, 0.6) is 0 Å². The largest absolute Gasteiger partial charge is 0.392 e. The first-order chi connectivity index (χ1) is 5.81. The van der Waals surface area contributed by atoms with Crippen LogP contribution in [0.4, 0.5) is 0 Å². The van der Waals surface area contributed by atoms with Gasteiger partial charge in [-0.15, -0.1) is 0 Å². The van der Waals surface area contributed by atoms with E-state index >= 15 is 0 Å². The number of pyridine rings is 1. The van der Waals surface area contributed by atoms with Crippen LogP contribution < -0.4 is 0 Å². The molecule has 0 radical (unpaired) electrons. The molecule has 12 heavy (non-hydrogen) atoms. The number of thiol groups is 1. The van der Waals surface area contributed by atoms with Gasteiger partial charge in [0.15, 0.2) is 0 Å². The van der Waals surface area contributed by atoms with E-state index < -0.39 is 0 Å². The van der Waals surface area contributed by atoms with Gasteiger partial charge in [0, 0.05) is 17.8 Å². The van der Waals surface area contributed by atoms with Gasteiger partial charge in [0.1, 0.15) is 5.65 Å². The normalized spacial score (nSPS) is 10.8. The van der Waals surface area contributed by atoms with Gasteiger partial charge in [-0.05, 0) is 17.7 Å². The molecule has 0 amide bonds. The molecule has 0 aliphatic rings. The maximum absolute atomic E-state index is 8.84. The molecule has 2 rings (SSSR count). The van der Waals surface area contributed by atoms with Gasteiger partial charge in [0.05, 0.1) is 6.61 Å². The molecule has 4 heteroatoms. The maximum atomic E-state index is 8.84. The molecule has 0 atom stereocenters. The van der Waals surface area contributed by atoms with Crippen LogP contribution in [0.1, 0.15) is 5.56 Å². The van der Waals surface area contributed by atoms with Gasteiger partial charge in [0.25, 0.3) is 0 Å². The van der Waals surface area contributed by atoms with Crippen molar-refractivity contribution in [3.05, 3.63) is 30.1 Å². The molecule has 0 aromatic carbocycles. The van der Waals surface area contributed by atoms with Crippen molar-refractivity contribution in [1.82, 2.24) is 8.96 Å². The highest BCUT2D eigenvalue weighted by atomic mass is 32.1. The monoisotopic (exact) mass is 180 g/mol. The predicted molar refractivity (Wildman–Crippen MR) is 50.0 cm³/mol. The van der Waals surface area contributed by atoms with E-state index in [0.717, 1.165) is 16.6 Å². The Bertz CT molecular complexity index is 410. The third-order valence-electron chi connectivity index (χ3n) is 1.75. The molecule has 1 N–H and O–H groups in total. The Labute approximate surface area is 75.2 Å². The Hall–Kier alpha value is -1.00. The molecule has 0 aliphatic heterocycles. The van der Waals surface area contributed by atoms with Crippen molar-refractivity contribution < 1.29 is 5.11 Å². The molecule has 62 valence electrons. The first-order valence-electron chi connectivity index (χ1n) is 3.57. The zero-order valence-corrected chi connectivity index (χ0v) is 7.20. The van der Waals surface area contributed by atoms with Gasteiger partial charge < -0.3 is 5.11 Å². The second-order valence-electron chi connectivity index (χ2n) is 2.57. The number of aliphatic hydroxyl groups excluding tert-OH is 1. The fourth-order valence-corrected chi connectivity index (χ4v) is 1.38. The van der Waals surface area contributed by atoms with Crippen molar-refractivity contribution in [3.8, 4) is 0 Å². The Kier molecular flexibility index (Phi) is 1.78. The van der Waals surface area contributed by atoms with E-state index in [1.165, 1.54) is 0 Å². The Morgan fingerprint density at radius 3 is 3.17 bits per heavy atom. The lowest BCUT2D eigenvalue weighted by molar-refractivity contribution is 0.281. The zero-order valence-electron chi connectivity index (χ0n) is 6.31. The minimum atomic E-state index is 0.0285.